The summed E-state index contributed by atoms with van der Waals surface area (Å²) in [5.74, 6) is 1.04. The maximum absolute atomic E-state index is 11.7. The Morgan fingerprint density at radius 2 is 1.83 bits per heavy atom. The molecule has 0 aliphatic rings. The van der Waals surface area contributed by atoms with Gasteiger partial charge >= 0.3 is 0 Å². The first-order chi connectivity index (χ1) is 9.95. The minimum Gasteiger partial charge on any atom is -0.439 e. The summed E-state index contributed by atoms with van der Waals surface area (Å²) in [6.45, 7) is 3.72. The van der Waals surface area contributed by atoms with E-state index in [2.05, 4.69) is 10.3 Å². The lowest BCUT2D eigenvalue weighted by Gasteiger charge is -2.17. The lowest BCUT2D eigenvalue weighted by atomic mass is 10.1. The molecule has 0 fully saturated rings. The van der Waals surface area contributed by atoms with E-state index in [1.165, 1.54) is 0 Å². The molecule has 0 atom stereocenters. The van der Waals surface area contributed by atoms with E-state index in [0.717, 1.165) is 11.3 Å². The number of benzene rings is 1. The summed E-state index contributed by atoms with van der Waals surface area (Å²) in [6, 6.07) is 13.1. The van der Waals surface area contributed by atoms with E-state index in [1.54, 1.807) is 26.1 Å². The number of nitrogens with two attached hydrogens (primary N) is 1. The Kier molecular flexibility index (Phi) is 8.61. The second-order valence-corrected chi connectivity index (χ2v) is 5.32. The van der Waals surface area contributed by atoms with Crippen molar-refractivity contribution in [2.45, 2.75) is 25.9 Å². The van der Waals surface area contributed by atoms with E-state index >= 15 is 0 Å². The molecule has 0 radical (unpaired) electrons. The van der Waals surface area contributed by atoms with Gasteiger partial charge in [-0.05, 0) is 31.5 Å². The minimum atomic E-state index is -0.885. The van der Waals surface area contributed by atoms with Crippen molar-refractivity contribution >= 4 is 30.7 Å². The van der Waals surface area contributed by atoms with Gasteiger partial charge in [0.25, 0.3) is 0 Å². The van der Waals surface area contributed by atoms with E-state index in [1.807, 2.05) is 36.4 Å². The maximum atomic E-state index is 11.7. The SMILES string of the molecule is CC(C)(N)C(=O)NCc1ccc(Oc2ccccc2)nc1.Cl.Cl. The fourth-order valence-electron chi connectivity index (χ4n) is 1.60. The summed E-state index contributed by atoms with van der Waals surface area (Å²) in [7, 11) is 0. The van der Waals surface area contributed by atoms with Gasteiger partial charge in [0.15, 0.2) is 0 Å². The molecule has 0 saturated carbocycles. The van der Waals surface area contributed by atoms with Crippen molar-refractivity contribution in [3.05, 3.63) is 54.2 Å². The fourth-order valence-corrected chi connectivity index (χ4v) is 1.60. The van der Waals surface area contributed by atoms with Crippen LogP contribution < -0.4 is 15.8 Å². The quantitative estimate of drug-likeness (QED) is 0.861. The first-order valence-corrected chi connectivity index (χ1v) is 6.70. The number of para-hydroxylation sites is 1. The van der Waals surface area contributed by atoms with Crippen molar-refractivity contribution in [3.8, 4) is 11.6 Å². The second-order valence-electron chi connectivity index (χ2n) is 5.32. The number of amides is 1. The largest absolute Gasteiger partial charge is 0.439 e. The summed E-state index contributed by atoms with van der Waals surface area (Å²) in [5.41, 5.74) is 5.70. The van der Waals surface area contributed by atoms with Gasteiger partial charge in [-0.3, -0.25) is 4.79 Å². The monoisotopic (exact) mass is 357 g/mol. The smallest absolute Gasteiger partial charge is 0.239 e. The molecule has 2 rings (SSSR count). The zero-order valence-corrected chi connectivity index (χ0v) is 14.6. The summed E-state index contributed by atoms with van der Waals surface area (Å²) in [4.78, 5) is 15.9. The maximum Gasteiger partial charge on any atom is 0.239 e. The molecule has 3 N–H and O–H groups in total. The minimum absolute atomic E-state index is 0. The number of carbonyl (C=O) groups is 1. The highest BCUT2D eigenvalue weighted by Crippen LogP contribution is 2.18. The van der Waals surface area contributed by atoms with Crippen LogP contribution in [0.2, 0.25) is 0 Å². The molecule has 0 bridgehead atoms. The lowest BCUT2D eigenvalue weighted by Crippen LogP contribution is -2.48. The molecule has 1 aromatic carbocycles. The average molecular weight is 358 g/mol. The molecule has 23 heavy (non-hydrogen) atoms. The number of hydrogen-bond acceptors (Lipinski definition) is 4. The van der Waals surface area contributed by atoms with Crippen molar-refractivity contribution in [2.75, 3.05) is 0 Å². The normalized spacial score (nSPS) is 10.0. The van der Waals surface area contributed by atoms with Crippen LogP contribution >= 0.6 is 24.8 Å². The van der Waals surface area contributed by atoms with E-state index in [4.69, 9.17) is 10.5 Å². The van der Waals surface area contributed by atoms with Crippen LogP contribution in [0.3, 0.4) is 0 Å². The molecule has 126 valence electrons. The van der Waals surface area contributed by atoms with Gasteiger partial charge in [-0.1, -0.05) is 24.3 Å². The van der Waals surface area contributed by atoms with Gasteiger partial charge in [0.1, 0.15) is 5.75 Å². The molecular weight excluding hydrogens is 337 g/mol. The van der Waals surface area contributed by atoms with Gasteiger partial charge in [-0.15, -0.1) is 24.8 Å². The highest BCUT2D eigenvalue weighted by molar-refractivity contribution is 5.85. The summed E-state index contributed by atoms with van der Waals surface area (Å²) >= 11 is 0. The van der Waals surface area contributed by atoms with Crippen LogP contribution in [-0.4, -0.2) is 16.4 Å². The molecule has 0 aliphatic heterocycles. The summed E-state index contributed by atoms with van der Waals surface area (Å²) in [6.07, 6.45) is 1.67. The Balaban J connectivity index is 0.00000242. The van der Waals surface area contributed by atoms with Crippen molar-refractivity contribution < 1.29 is 9.53 Å². The van der Waals surface area contributed by atoms with Gasteiger partial charge in [0.05, 0.1) is 5.54 Å². The van der Waals surface area contributed by atoms with Crippen LogP contribution in [0, 0.1) is 0 Å². The summed E-state index contributed by atoms with van der Waals surface area (Å²) < 4.78 is 5.59. The van der Waals surface area contributed by atoms with E-state index in [-0.39, 0.29) is 30.7 Å². The first-order valence-electron chi connectivity index (χ1n) is 6.70. The zero-order chi connectivity index (χ0) is 15.3. The number of carbonyl (C=O) groups excluding carboxylic acids is 1. The van der Waals surface area contributed by atoms with Crippen LogP contribution in [0.25, 0.3) is 0 Å². The van der Waals surface area contributed by atoms with Crippen LogP contribution in [0.5, 0.6) is 11.6 Å². The first kappa shape index (κ1) is 21.2. The number of halogens is 2. The molecule has 7 heteroatoms. The van der Waals surface area contributed by atoms with Crippen molar-refractivity contribution in [2.24, 2.45) is 5.73 Å². The fraction of sp³-hybridized carbons (Fsp3) is 0.250. The van der Waals surface area contributed by atoms with Gasteiger partial charge in [0, 0.05) is 18.8 Å². The molecule has 1 amide bonds. The zero-order valence-electron chi connectivity index (χ0n) is 13.0. The van der Waals surface area contributed by atoms with Crippen LogP contribution in [0.1, 0.15) is 19.4 Å². The molecule has 1 aromatic heterocycles. The predicted molar refractivity (Wildman–Crippen MR) is 95.4 cm³/mol. The number of hydrogen-bond donors (Lipinski definition) is 2. The van der Waals surface area contributed by atoms with Crippen LogP contribution in [0.15, 0.2) is 48.7 Å². The highest BCUT2D eigenvalue weighted by Gasteiger charge is 2.21. The number of nitrogens with one attached hydrogen (secondary N) is 1. The van der Waals surface area contributed by atoms with Gasteiger partial charge in [0.2, 0.25) is 11.8 Å². The third-order valence-electron chi connectivity index (χ3n) is 2.80. The van der Waals surface area contributed by atoms with Crippen LogP contribution in [0.4, 0.5) is 0 Å². The third kappa shape index (κ3) is 6.86. The second kappa shape index (κ2) is 9.35. The average Bonchev–Trinajstić information content (AvgIpc) is 2.46. The van der Waals surface area contributed by atoms with Crippen molar-refractivity contribution in [1.29, 1.82) is 0 Å². The Hall–Kier alpha value is -1.82. The Labute approximate surface area is 148 Å². The molecule has 5 nitrogen and oxygen atoms in total. The predicted octanol–water partition coefficient (Wildman–Crippen LogP) is 3.07. The Bertz CT molecular complexity index is 599. The topological polar surface area (TPSA) is 77.2 Å². The highest BCUT2D eigenvalue weighted by atomic mass is 35.5. The standard InChI is InChI=1S/C16H19N3O2.2ClH/c1-16(2,17)15(20)19-11-12-8-9-14(18-10-12)21-13-6-4-3-5-7-13;;/h3-10H,11,17H2,1-2H3,(H,19,20);2*1H. The van der Waals surface area contributed by atoms with Gasteiger partial charge in [-0.25, -0.2) is 4.98 Å². The third-order valence-corrected chi connectivity index (χ3v) is 2.80. The van der Waals surface area contributed by atoms with E-state index in [9.17, 15) is 4.79 Å². The molecule has 0 aliphatic carbocycles. The Morgan fingerprint density at radius 1 is 1.17 bits per heavy atom. The number of aromatic nitrogens is 1. The molecule has 0 unspecified atom stereocenters. The number of nitrogens with zero attached hydrogens (tertiary/aromatic N) is 1. The molecule has 1 heterocycles. The van der Waals surface area contributed by atoms with E-state index < -0.39 is 5.54 Å². The molecular formula is C16H21Cl2N3O2. The molecule has 2 aromatic rings. The van der Waals surface area contributed by atoms with Crippen molar-refractivity contribution in [3.63, 3.8) is 0 Å². The van der Waals surface area contributed by atoms with Gasteiger partial charge in [-0.2, -0.15) is 0 Å². The molecule has 0 saturated heterocycles. The van der Waals surface area contributed by atoms with E-state index in [0.29, 0.717) is 12.4 Å². The van der Waals surface area contributed by atoms with Crippen molar-refractivity contribution in [1.82, 2.24) is 10.3 Å². The number of ether oxygens (including phenoxy) is 1. The number of rotatable bonds is 5. The number of pyridine rings is 1. The Morgan fingerprint density at radius 3 is 2.35 bits per heavy atom. The molecule has 0 spiro atoms. The van der Waals surface area contributed by atoms with Gasteiger partial charge < -0.3 is 15.8 Å². The lowest BCUT2D eigenvalue weighted by molar-refractivity contribution is -0.125. The van der Waals surface area contributed by atoms with Crippen LogP contribution in [-0.2, 0) is 11.3 Å². The summed E-state index contributed by atoms with van der Waals surface area (Å²) in [5, 5.41) is 2.76.